The highest BCUT2D eigenvalue weighted by atomic mass is 19.1. The molecule has 1 N–H and O–H groups in total. The summed E-state index contributed by atoms with van der Waals surface area (Å²) in [6, 6.07) is 12.7. The van der Waals surface area contributed by atoms with E-state index in [9.17, 15) is 18.7 Å². The fraction of sp³-hybridized carbons (Fsp3) is 0.381. The van der Waals surface area contributed by atoms with Crippen LogP contribution in [0.4, 0.5) is 8.78 Å². The highest BCUT2D eigenvalue weighted by molar-refractivity contribution is 5.94. The summed E-state index contributed by atoms with van der Waals surface area (Å²) in [7, 11) is 0. The maximum absolute atomic E-state index is 13.4. The van der Waals surface area contributed by atoms with Crippen LogP contribution in [0.1, 0.15) is 15.9 Å². The monoisotopic (exact) mass is 372 g/mol. The topological polar surface area (TPSA) is 43.8 Å². The first kappa shape index (κ1) is 18.1. The Bertz CT molecular complexity index is 825. The molecule has 6 heteroatoms. The van der Waals surface area contributed by atoms with Crippen molar-refractivity contribution in [3.8, 4) is 0 Å². The quantitative estimate of drug-likeness (QED) is 0.897. The normalized spacial score (nSPS) is 25.0. The first-order valence-corrected chi connectivity index (χ1v) is 9.12. The van der Waals surface area contributed by atoms with E-state index in [0.29, 0.717) is 43.9 Å². The standard InChI is InChI=1S/C21H22F2N2O2/c22-18-6-15(7-19(23)8-18)9-24-10-17-11-25(13-21(17,12-24)14-26)20(27)16-4-2-1-3-5-16/h1-8,17,26H,9-14H2/t17-,21+/m0/s1. The first-order valence-electron chi connectivity index (χ1n) is 9.12. The molecule has 0 aliphatic carbocycles. The summed E-state index contributed by atoms with van der Waals surface area (Å²) in [6.07, 6.45) is 0. The lowest BCUT2D eigenvalue weighted by molar-refractivity contribution is 0.0718. The van der Waals surface area contributed by atoms with E-state index in [1.807, 2.05) is 23.1 Å². The number of likely N-dealkylation sites (tertiary alicyclic amines) is 2. The van der Waals surface area contributed by atoms with Crippen molar-refractivity contribution in [2.75, 3.05) is 32.8 Å². The van der Waals surface area contributed by atoms with E-state index in [2.05, 4.69) is 4.90 Å². The van der Waals surface area contributed by atoms with E-state index in [4.69, 9.17) is 0 Å². The molecule has 4 nitrogen and oxygen atoms in total. The molecule has 1 amide bonds. The summed E-state index contributed by atoms with van der Waals surface area (Å²) < 4.78 is 26.9. The number of amides is 1. The van der Waals surface area contributed by atoms with Gasteiger partial charge in [-0.05, 0) is 35.7 Å². The third-order valence-electron chi connectivity index (χ3n) is 5.78. The lowest BCUT2D eigenvalue weighted by Gasteiger charge is -2.27. The van der Waals surface area contributed by atoms with Crippen LogP contribution in [0, 0.1) is 23.0 Å². The summed E-state index contributed by atoms with van der Waals surface area (Å²) in [5.41, 5.74) is 0.853. The zero-order valence-electron chi connectivity index (χ0n) is 14.9. The van der Waals surface area contributed by atoms with Crippen molar-refractivity contribution in [1.29, 1.82) is 0 Å². The van der Waals surface area contributed by atoms with Gasteiger partial charge >= 0.3 is 0 Å². The second-order valence-electron chi connectivity index (χ2n) is 7.72. The Labute approximate surface area is 157 Å². The molecule has 0 spiro atoms. The molecule has 142 valence electrons. The average molecular weight is 372 g/mol. The molecule has 2 aliphatic rings. The molecule has 0 bridgehead atoms. The number of rotatable bonds is 4. The SMILES string of the molecule is O=C(c1ccccc1)N1C[C@@H]2CN(Cc3cc(F)cc(F)c3)C[C@]2(CO)C1. The van der Waals surface area contributed by atoms with Gasteiger partial charge in [0.15, 0.2) is 0 Å². The lowest BCUT2D eigenvalue weighted by atomic mass is 9.82. The van der Waals surface area contributed by atoms with Gasteiger partial charge in [0.05, 0.1) is 6.61 Å². The van der Waals surface area contributed by atoms with Crippen LogP contribution in [0.2, 0.25) is 0 Å². The number of aliphatic hydroxyl groups excluding tert-OH is 1. The highest BCUT2D eigenvalue weighted by Crippen LogP contribution is 2.43. The third-order valence-corrected chi connectivity index (χ3v) is 5.78. The molecule has 0 saturated carbocycles. The molecule has 0 radical (unpaired) electrons. The van der Waals surface area contributed by atoms with Crippen LogP contribution < -0.4 is 0 Å². The zero-order chi connectivity index (χ0) is 19.0. The van der Waals surface area contributed by atoms with E-state index >= 15 is 0 Å². The third kappa shape index (κ3) is 3.47. The van der Waals surface area contributed by atoms with Crippen LogP contribution in [0.3, 0.4) is 0 Å². The van der Waals surface area contributed by atoms with Crippen molar-refractivity contribution < 1.29 is 18.7 Å². The van der Waals surface area contributed by atoms with Gasteiger partial charge in [0.2, 0.25) is 0 Å². The number of carbonyl (C=O) groups excluding carboxylic acids is 1. The second-order valence-corrected chi connectivity index (χ2v) is 7.72. The van der Waals surface area contributed by atoms with Gasteiger partial charge in [-0.1, -0.05) is 18.2 Å². The number of fused-ring (bicyclic) bond motifs is 1. The Balaban J connectivity index is 1.46. The fourth-order valence-electron chi connectivity index (χ4n) is 4.51. The average Bonchev–Trinajstić information content (AvgIpc) is 3.15. The van der Waals surface area contributed by atoms with E-state index in [-0.39, 0.29) is 23.8 Å². The Kier molecular flexibility index (Phi) is 4.70. The minimum Gasteiger partial charge on any atom is -0.396 e. The molecule has 2 atom stereocenters. The Morgan fingerprint density at radius 2 is 1.78 bits per heavy atom. The Hall–Kier alpha value is -2.31. The number of nitrogens with zero attached hydrogens (tertiary/aromatic N) is 2. The van der Waals surface area contributed by atoms with E-state index in [1.165, 1.54) is 12.1 Å². The summed E-state index contributed by atoms with van der Waals surface area (Å²) in [5, 5.41) is 10.1. The summed E-state index contributed by atoms with van der Waals surface area (Å²) in [4.78, 5) is 16.7. The molecule has 2 heterocycles. The minimum absolute atomic E-state index is 0.00967. The van der Waals surface area contributed by atoms with Crippen LogP contribution >= 0.6 is 0 Å². The van der Waals surface area contributed by atoms with E-state index in [0.717, 1.165) is 6.07 Å². The fourth-order valence-corrected chi connectivity index (χ4v) is 4.51. The maximum atomic E-state index is 13.4. The molecular weight excluding hydrogens is 350 g/mol. The van der Waals surface area contributed by atoms with Crippen LogP contribution in [-0.2, 0) is 6.54 Å². The van der Waals surface area contributed by atoms with Gasteiger partial charge in [0.25, 0.3) is 5.91 Å². The molecule has 2 saturated heterocycles. The predicted octanol–water partition coefficient (Wildman–Crippen LogP) is 2.53. The van der Waals surface area contributed by atoms with Gasteiger partial charge in [-0.15, -0.1) is 0 Å². The number of hydrogen-bond acceptors (Lipinski definition) is 3. The smallest absolute Gasteiger partial charge is 0.253 e. The van der Waals surface area contributed by atoms with Crippen molar-refractivity contribution in [1.82, 2.24) is 9.80 Å². The largest absolute Gasteiger partial charge is 0.396 e. The van der Waals surface area contributed by atoms with Gasteiger partial charge in [-0.2, -0.15) is 0 Å². The highest BCUT2D eigenvalue weighted by Gasteiger charge is 2.53. The van der Waals surface area contributed by atoms with Crippen molar-refractivity contribution in [2.24, 2.45) is 11.3 Å². The Morgan fingerprint density at radius 3 is 2.41 bits per heavy atom. The predicted molar refractivity (Wildman–Crippen MR) is 97.0 cm³/mol. The van der Waals surface area contributed by atoms with Gasteiger partial charge in [-0.3, -0.25) is 9.69 Å². The minimum atomic E-state index is -0.583. The van der Waals surface area contributed by atoms with Crippen LogP contribution in [0.5, 0.6) is 0 Å². The van der Waals surface area contributed by atoms with Crippen molar-refractivity contribution in [2.45, 2.75) is 6.54 Å². The van der Waals surface area contributed by atoms with Gasteiger partial charge < -0.3 is 10.0 Å². The number of hydrogen-bond donors (Lipinski definition) is 1. The Morgan fingerprint density at radius 1 is 1.07 bits per heavy atom. The molecule has 2 aromatic rings. The van der Waals surface area contributed by atoms with Gasteiger partial charge in [-0.25, -0.2) is 8.78 Å². The molecule has 2 aromatic carbocycles. The van der Waals surface area contributed by atoms with Crippen LogP contribution in [0.15, 0.2) is 48.5 Å². The molecule has 27 heavy (non-hydrogen) atoms. The zero-order valence-corrected chi connectivity index (χ0v) is 14.9. The summed E-state index contributed by atoms with van der Waals surface area (Å²) >= 11 is 0. The van der Waals surface area contributed by atoms with Crippen molar-refractivity contribution >= 4 is 5.91 Å². The van der Waals surface area contributed by atoms with Crippen molar-refractivity contribution in [3.63, 3.8) is 0 Å². The van der Waals surface area contributed by atoms with Gasteiger partial charge in [0, 0.05) is 49.8 Å². The lowest BCUT2D eigenvalue weighted by Crippen LogP contribution is -2.38. The molecule has 0 aromatic heterocycles. The first-order chi connectivity index (χ1) is 13.0. The van der Waals surface area contributed by atoms with Crippen LogP contribution in [0.25, 0.3) is 0 Å². The molecule has 2 aliphatic heterocycles. The molecule has 4 rings (SSSR count). The summed E-state index contributed by atoms with van der Waals surface area (Å²) in [5.74, 6) is -1.04. The van der Waals surface area contributed by atoms with E-state index in [1.54, 1.807) is 12.1 Å². The molecule has 0 unspecified atom stereocenters. The van der Waals surface area contributed by atoms with E-state index < -0.39 is 11.6 Å². The van der Waals surface area contributed by atoms with Crippen LogP contribution in [-0.4, -0.2) is 53.6 Å². The molecule has 2 fully saturated rings. The second kappa shape index (κ2) is 7.02. The number of halogens is 2. The van der Waals surface area contributed by atoms with Gasteiger partial charge in [0.1, 0.15) is 11.6 Å². The number of aliphatic hydroxyl groups is 1. The summed E-state index contributed by atoms with van der Waals surface area (Å²) in [6.45, 7) is 2.80. The number of benzene rings is 2. The maximum Gasteiger partial charge on any atom is 0.253 e. The number of carbonyl (C=O) groups is 1. The molecular formula is C21H22F2N2O2. The van der Waals surface area contributed by atoms with Crippen molar-refractivity contribution in [3.05, 3.63) is 71.3 Å².